The second kappa shape index (κ2) is 3.66. The van der Waals surface area contributed by atoms with E-state index in [2.05, 4.69) is 9.97 Å². The summed E-state index contributed by atoms with van der Waals surface area (Å²) in [6.07, 6.45) is 5.86. The molecular formula is C9H12BClN2. The van der Waals surface area contributed by atoms with Gasteiger partial charge in [-0.3, -0.25) is 0 Å². The van der Waals surface area contributed by atoms with Crippen LogP contribution in [0.3, 0.4) is 0 Å². The molecular weight excluding hydrogens is 182 g/mol. The molecule has 2 rings (SSSR count). The van der Waals surface area contributed by atoms with Crippen molar-refractivity contribution in [3.63, 3.8) is 0 Å². The van der Waals surface area contributed by atoms with Gasteiger partial charge in [-0.15, -0.1) is 0 Å². The van der Waals surface area contributed by atoms with Gasteiger partial charge in [-0.25, -0.2) is 9.97 Å². The number of hydrogen-bond acceptors (Lipinski definition) is 2. The quantitative estimate of drug-likeness (QED) is 0.344. The Labute approximate surface area is 84.1 Å². The number of halogens is 1. The van der Waals surface area contributed by atoms with Crippen molar-refractivity contribution in [3.8, 4) is 0 Å². The fourth-order valence-corrected chi connectivity index (χ4v) is 2.17. The molecule has 1 aromatic heterocycles. The van der Waals surface area contributed by atoms with E-state index in [1.807, 2.05) is 7.85 Å². The fourth-order valence-electron chi connectivity index (χ4n) is 1.84. The topological polar surface area (TPSA) is 25.8 Å². The molecule has 1 aromatic rings. The monoisotopic (exact) mass is 194 g/mol. The van der Waals surface area contributed by atoms with Crippen LogP contribution in [0.4, 0.5) is 0 Å². The molecule has 0 radical (unpaired) electrons. The average molecular weight is 194 g/mol. The molecule has 0 amide bonds. The zero-order valence-corrected chi connectivity index (χ0v) is 8.56. The minimum absolute atomic E-state index is 0.671. The molecule has 1 aliphatic carbocycles. The van der Waals surface area contributed by atoms with Crippen molar-refractivity contribution in [2.75, 3.05) is 0 Å². The molecule has 0 aromatic carbocycles. The first kappa shape index (κ1) is 9.01. The number of hydrogen-bond donors (Lipinski definition) is 0. The lowest BCUT2D eigenvalue weighted by molar-refractivity contribution is 0.709. The van der Waals surface area contributed by atoms with Gasteiger partial charge in [0.25, 0.3) is 0 Å². The summed E-state index contributed by atoms with van der Waals surface area (Å²) in [5.74, 6) is 0. The van der Waals surface area contributed by atoms with E-state index < -0.39 is 0 Å². The van der Waals surface area contributed by atoms with Gasteiger partial charge < -0.3 is 0 Å². The van der Waals surface area contributed by atoms with Gasteiger partial charge in [-0.2, -0.15) is 0 Å². The second-order valence-corrected chi connectivity index (χ2v) is 3.91. The third-order valence-electron chi connectivity index (χ3n) is 2.49. The van der Waals surface area contributed by atoms with E-state index in [1.165, 1.54) is 30.5 Å². The van der Waals surface area contributed by atoms with Gasteiger partial charge >= 0.3 is 0 Å². The highest BCUT2D eigenvalue weighted by Gasteiger charge is 2.13. The Hall–Kier alpha value is -0.565. The predicted molar refractivity (Wildman–Crippen MR) is 56.5 cm³/mol. The minimum atomic E-state index is 0.671. The van der Waals surface area contributed by atoms with E-state index in [-0.39, 0.29) is 0 Å². The van der Waals surface area contributed by atoms with Crippen LogP contribution in [0.15, 0.2) is 0 Å². The summed E-state index contributed by atoms with van der Waals surface area (Å²) in [4.78, 5) is 8.62. The SMILES string of the molecule is Bc1nc(Cl)c2c(n1)CCCCC2. The van der Waals surface area contributed by atoms with Crippen molar-refractivity contribution >= 4 is 25.2 Å². The highest BCUT2D eigenvalue weighted by molar-refractivity contribution is 6.33. The first-order chi connectivity index (χ1) is 6.27. The maximum absolute atomic E-state index is 6.07. The van der Waals surface area contributed by atoms with Crippen LogP contribution in [0.5, 0.6) is 0 Å². The summed E-state index contributed by atoms with van der Waals surface area (Å²) in [5, 5.41) is 0.671. The van der Waals surface area contributed by atoms with Gasteiger partial charge in [-0.1, -0.05) is 18.0 Å². The highest BCUT2D eigenvalue weighted by atomic mass is 35.5. The Morgan fingerprint density at radius 1 is 1.08 bits per heavy atom. The third kappa shape index (κ3) is 1.85. The maximum atomic E-state index is 6.07. The first-order valence-corrected chi connectivity index (χ1v) is 5.17. The second-order valence-electron chi connectivity index (χ2n) is 3.55. The lowest BCUT2D eigenvalue weighted by Gasteiger charge is -2.06. The number of aryl methyl sites for hydroxylation is 1. The van der Waals surface area contributed by atoms with E-state index in [4.69, 9.17) is 11.6 Å². The van der Waals surface area contributed by atoms with E-state index in [9.17, 15) is 0 Å². The molecule has 0 N–H and O–H groups in total. The van der Waals surface area contributed by atoms with Crippen molar-refractivity contribution < 1.29 is 0 Å². The van der Waals surface area contributed by atoms with Gasteiger partial charge in [0.05, 0.1) is 5.72 Å². The van der Waals surface area contributed by atoms with Gasteiger partial charge in [0, 0.05) is 11.3 Å². The smallest absolute Gasteiger partial charge is 0.189 e. The van der Waals surface area contributed by atoms with E-state index in [0.29, 0.717) is 5.15 Å². The Kier molecular flexibility index (Phi) is 2.54. The number of nitrogens with zero attached hydrogens (tertiary/aromatic N) is 2. The molecule has 0 unspecified atom stereocenters. The van der Waals surface area contributed by atoms with Crippen molar-refractivity contribution in [1.29, 1.82) is 0 Å². The zero-order chi connectivity index (χ0) is 9.26. The van der Waals surface area contributed by atoms with Crippen LogP contribution in [0.1, 0.15) is 30.5 Å². The summed E-state index contributed by atoms with van der Waals surface area (Å²) in [6, 6.07) is 0. The largest absolute Gasteiger partial charge is 0.249 e. The van der Waals surface area contributed by atoms with Gasteiger partial charge in [0.15, 0.2) is 7.85 Å². The number of fused-ring (bicyclic) bond motifs is 1. The molecule has 0 saturated heterocycles. The molecule has 0 saturated carbocycles. The van der Waals surface area contributed by atoms with Crippen LogP contribution >= 0.6 is 11.6 Å². The van der Waals surface area contributed by atoms with Gasteiger partial charge in [0.1, 0.15) is 5.15 Å². The van der Waals surface area contributed by atoms with Crippen LogP contribution in [0, 0.1) is 0 Å². The maximum Gasteiger partial charge on any atom is 0.189 e. The Bertz CT molecular complexity index is 328. The van der Waals surface area contributed by atoms with Crippen LogP contribution in [0.2, 0.25) is 5.15 Å². The molecule has 1 aliphatic rings. The molecule has 0 atom stereocenters. The number of aromatic nitrogens is 2. The van der Waals surface area contributed by atoms with Crippen LogP contribution < -0.4 is 5.72 Å². The van der Waals surface area contributed by atoms with E-state index in [0.717, 1.165) is 18.6 Å². The normalized spacial score (nSPS) is 16.4. The van der Waals surface area contributed by atoms with Crippen molar-refractivity contribution in [2.24, 2.45) is 0 Å². The number of rotatable bonds is 0. The predicted octanol–water partition coefficient (Wildman–Crippen LogP) is 0.657. The van der Waals surface area contributed by atoms with Crippen LogP contribution in [-0.2, 0) is 12.8 Å². The Balaban J connectivity index is 2.47. The molecule has 13 heavy (non-hydrogen) atoms. The molecule has 0 bridgehead atoms. The molecule has 0 aliphatic heterocycles. The standard InChI is InChI=1S/C9H12BClN2/c10-9-12-7-5-3-1-2-4-6(7)8(11)13-9/h1-5,10H2. The van der Waals surface area contributed by atoms with Gasteiger partial charge in [0.2, 0.25) is 0 Å². The Morgan fingerprint density at radius 2 is 1.85 bits per heavy atom. The first-order valence-electron chi connectivity index (χ1n) is 4.79. The van der Waals surface area contributed by atoms with Crippen LogP contribution in [0.25, 0.3) is 0 Å². The van der Waals surface area contributed by atoms with Crippen molar-refractivity contribution in [2.45, 2.75) is 32.1 Å². The molecule has 4 heteroatoms. The fraction of sp³-hybridized carbons (Fsp3) is 0.556. The zero-order valence-electron chi connectivity index (χ0n) is 7.81. The van der Waals surface area contributed by atoms with Crippen LogP contribution in [-0.4, -0.2) is 17.8 Å². The molecule has 0 spiro atoms. The molecule has 2 nitrogen and oxygen atoms in total. The summed E-state index contributed by atoms with van der Waals surface area (Å²) in [6.45, 7) is 0. The summed E-state index contributed by atoms with van der Waals surface area (Å²) >= 11 is 6.07. The lowest BCUT2D eigenvalue weighted by atomic mass is 10.1. The molecule has 0 fully saturated rings. The molecule has 68 valence electrons. The Morgan fingerprint density at radius 3 is 2.69 bits per heavy atom. The minimum Gasteiger partial charge on any atom is -0.249 e. The van der Waals surface area contributed by atoms with Gasteiger partial charge in [-0.05, 0) is 25.7 Å². The highest BCUT2D eigenvalue weighted by Crippen LogP contribution is 2.22. The summed E-state index contributed by atoms with van der Waals surface area (Å²) < 4.78 is 0. The van der Waals surface area contributed by atoms with Crippen molar-refractivity contribution in [3.05, 3.63) is 16.4 Å². The van der Waals surface area contributed by atoms with E-state index >= 15 is 0 Å². The lowest BCUT2D eigenvalue weighted by Crippen LogP contribution is -2.17. The average Bonchev–Trinajstić information content (AvgIpc) is 2.28. The summed E-state index contributed by atoms with van der Waals surface area (Å²) in [7, 11) is 1.90. The third-order valence-corrected chi connectivity index (χ3v) is 2.81. The van der Waals surface area contributed by atoms with E-state index in [1.54, 1.807) is 0 Å². The van der Waals surface area contributed by atoms with Crippen molar-refractivity contribution in [1.82, 2.24) is 9.97 Å². The molecule has 1 heterocycles. The summed E-state index contributed by atoms with van der Waals surface area (Å²) in [5.41, 5.74) is 3.16.